The highest BCUT2D eigenvalue weighted by molar-refractivity contribution is 8.01. The fourth-order valence-corrected chi connectivity index (χ4v) is 5.03. The number of thioether (sulfide) groups is 1. The van der Waals surface area contributed by atoms with Gasteiger partial charge in [0.1, 0.15) is 0 Å². The zero-order valence-electron chi connectivity index (χ0n) is 13.3. The number of rotatable bonds is 5. The quantitative estimate of drug-likeness (QED) is 0.791. The minimum atomic E-state index is 0. The van der Waals surface area contributed by atoms with E-state index < -0.39 is 0 Å². The average molecular weight is 402 g/mol. The average Bonchev–Trinajstić information content (AvgIpc) is 2.95. The van der Waals surface area contributed by atoms with Gasteiger partial charge in [0, 0.05) is 52.2 Å². The molecule has 4 nitrogen and oxygen atoms in total. The predicted molar refractivity (Wildman–Crippen MR) is 107 cm³/mol. The third kappa shape index (κ3) is 5.97. The van der Waals surface area contributed by atoms with Gasteiger partial charge in [-0.1, -0.05) is 11.8 Å². The maximum Gasteiger partial charge on any atom is 0.225 e. The molecule has 0 bridgehead atoms. The van der Waals surface area contributed by atoms with Crippen molar-refractivity contribution in [2.75, 3.05) is 23.4 Å². The smallest absolute Gasteiger partial charge is 0.225 e. The van der Waals surface area contributed by atoms with Gasteiger partial charge >= 0.3 is 0 Å². The normalized spacial score (nSPS) is 17.1. The Hall–Kier alpha value is -0.730. The van der Waals surface area contributed by atoms with Gasteiger partial charge in [0.05, 0.1) is 0 Å². The molecule has 1 unspecified atom stereocenters. The molecule has 8 heteroatoms. The van der Waals surface area contributed by atoms with Crippen LogP contribution in [0.25, 0.3) is 0 Å². The van der Waals surface area contributed by atoms with Crippen molar-refractivity contribution < 1.29 is 4.79 Å². The van der Waals surface area contributed by atoms with E-state index in [-0.39, 0.29) is 24.4 Å². The topological polar surface area (TPSA) is 54.0 Å². The number of benzene rings is 1. The van der Waals surface area contributed by atoms with Crippen LogP contribution in [0.2, 0.25) is 0 Å². The molecule has 2 N–H and O–H groups in total. The van der Waals surface area contributed by atoms with Crippen molar-refractivity contribution in [2.24, 2.45) is 0 Å². The van der Waals surface area contributed by atoms with Crippen LogP contribution in [-0.2, 0) is 4.79 Å². The first-order valence-corrected chi connectivity index (χ1v) is 10.3. The maximum absolute atomic E-state index is 12.1. The summed E-state index contributed by atoms with van der Waals surface area (Å²) in [4.78, 5) is 17.7. The molecular formula is C16H20ClN3OS3. The third-order valence-electron chi connectivity index (χ3n) is 3.37. The van der Waals surface area contributed by atoms with Crippen molar-refractivity contribution in [3.63, 3.8) is 0 Å². The Morgan fingerprint density at radius 2 is 2.21 bits per heavy atom. The lowest BCUT2D eigenvalue weighted by atomic mass is 10.2. The highest BCUT2D eigenvalue weighted by atomic mass is 35.5. The molecule has 1 amide bonds. The summed E-state index contributed by atoms with van der Waals surface area (Å²) < 4.78 is 1.04. The zero-order valence-corrected chi connectivity index (χ0v) is 16.5. The molecule has 1 aromatic heterocycles. The Bertz CT molecular complexity index is 657. The summed E-state index contributed by atoms with van der Waals surface area (Å²) in [7, 11) is 0. The highest BCUT2D eigenvalue weighted by Gasteiger charge is 2.16. The van der Waals surface area contributed by atoms with Gasteiger partial charge < -0.3 is 10.6 Å². The fourth-order valence-electron chi connectivity index (χ4n) is 2.27. The Kier molecular flexibility index (Phi) is 7.90. The number of carbonyl (C=O) groups excluding carboxylic acids is 1. The third-order valence-corrected chi connectivity index (χ3v) is 6.57. The van der Waals surface area contributed by atoms with E-state index in [1.807, 2.05) is 43.0 Å². The molecule has 2 heterocycles. The molecule has 0 spiro atoms. The number of anilines is 1. The number of hydrogen-bond donors (Lipinski definition) is 2. The Morgan fingerprint density at radius 3 is 2.83 bits per heavy atom. The summed E-state index contributed by atoms with van der Waals surface area (Å²) in [6.07, 6.45) is 0.530. The predicted octanol–water partition coefficient (Wildman–Crippen LogP) is 4.06. The summed E-state index contributed by atoms with van der Waals surface area (Å²) in [5.74, 6) is 2.22. The number of hydrogen-bond acceptors (Lipinski definition) is 6. The molecule has 1 saturated heterocycles. The van der Waals surface area contributed by atoms with Crippen molar-refractivity contribution in [3.8, 4) is 0 Å². The minimum Gasteiger partial charge on any atom is -0.326 e. The van der Waals surface area contributed by atoms with Crippen LogP contribution in [0.3, 0.4) is 0 Å². The van der Waals surface area contributed by atoms with E-state index in [2.05, 4.69) is 21.0 Å². The summed E-state index contributed by atoms with van der Waals surface area (Å²) in [5.41, 5.74) is 1.90. The first-order chi connectivity index (χ1) is 11.2. The van der Waals surface area contributed by atoms with Crippen LogP contribution in [0.1, 0.15) is 12.1 Å². The largest absolute Gasteiger partial charge is 0.326 e. The van der Waals surface area contributed by atoms with Crippen molar-refractivity contribution in [1.29, 1.82) is 0 Å². The molecule has 24 heavy (non-hydrogen) atoms. The Labute approximate surface area is 161 Å². The molecule has 130 valence electrons. The van der Waals surface area contributed by atoms with Gasteiger partial charge in [0.2, 0.25) is 5.91 Å². The standard InChI is InChI=1S/C16H19N3OS3.ClH/c1-11-9-22-16(18-11)23-14-4-2-12(3-5-14)19-15(20)8-13-10-21-7-6-17-13;/h2-5,9,13,17H,6-8,10H2,1H3,(H,19,20);1H. The van der Waals surface area contributed by atoms with E-state index >= 15 is 0 Å². The summed E-state index contributed by atoms with van der Waals surface area (Å²) >= 11 is 5.20. The van der Waals surface area contributed by atoms with Crippen LogP contribution in [0.15, 0.2) is 38.9 Å². The van der Waals surface area contributed by atoms with Gasteiger partial charge in [-0.25, -0.2) is 4.98 Å². The molecule has 2 aromatic rings. The van der Waals surface area contributed by atoms with Gasteiger partial charge in [-0.15, -0.1) is 23.7 Å². The van der Waals surface area contributed by atoms with E-state index in [9.17, 15) is 4.79 Å². The van der Waals surface area contributed by atoms with Crippen molar-refractivity contribution in [1.82, 2.24) is 10.3 Å². The second-order valence-corrected chi connectivity index (χ2v) is 8.69. The van der Waals surface area contributed by atoms with E-state index in [1.165, 1.54) is 0 Å². The van der Waals surface area contributed by atoms with Gasteiger partial charge in [-0.05, 0) is 31.2 Å². The summed E-state index contributed by atoms with van der Waals surface area (Å²) in [6, 6.07) is 8.22. The number of nitrogens with zero attached hydrogens (tertiary/aromatic N) is 1. The van der Waals surface area contributed by atoms with Gasteiger partial charge in [-0.3, -0.25) is 4.79 Å². The number of nitrogens with one attached hydrogen (secondary N) is 2. The number of carbonyl (C=O) groups is 1. The number of aromatic nitrogens is 1. The molecule has 1 fully saturated rings. The first-order valence-electron chi connectivity index (χ1n) is 7.50. The molecule has 3 rings (SSSR count). The maximum atomic E-state index is 12.1. The van der Waals surface area contributed by atoms with Gasteiger partial charge in [0.25, 0.3) is 0 Å². The summed E-state index contributed by atoms with van der Waals surface area (Å²) in [5, 5.41) is 8.41. The van der Waals surface area contributed by atoms with Crippen molar-refractivity contribution in [2.45, 2.75) is 28.6 Å². The Morgan fingerprint density at radius 1 is 1.42 bits per heavy atom. The zero-order chi connectivity index (χ0) is 16.1. The molecule has 1 aliphatic rings. The van der Waals surface area contributed by atoms with E-state index in [0.29, 0.717) is 6.42 Å². The second-order valence-electron chi connectivity index (χ2n) is 5.36. The number of aryl methyl sites for hydroxylation is 1. The number of halogens is 1. The van der Waals surface area contributed by atoms with Crippen molar-refractivity contribution >= 4 is 58.9 Å². The molecule has 1 atom stereocenters. The number of thiazole rings is 1. The molecule has 0 aliphatic carbocycles. The molecule has 1 aliphatic heterocycles. The lowest BCUT2D eigenvalue weighted by Gasteiger charge is -2.22. The molecular weight excluding hydrogens is 382 g/mol. The highest BCUT2D eigenvalue weighted by Crippen LogP contribution is 2.30. The molecule has 0 saturated carbocycles. The van der Waals surface area contributed by atoms with Crippen LogP contribution in [-0.4, -0.2) is 35.0 Å². The SMILES string of the molecule is Cc1csc(Sc2ccc(NC(=O)CC3CSCCN3)cc2)n1.Cl. The van der Waals surface area contributed by atoms with Crippen LogP contribution < -0.4 is 10.6 Å². The fraction of sp³-hybridized carbons (Fsp3) is 0.375. The van der Waals surface area contributed by atoms with E-state index in [1.54, 1.807) is 23.1 Å². The number of amides is 1. The molecule has 0 radical (unpaired) electrons. The van der Waals surface area contributed by atoms with E-state index in [4.69, 9.17) is 0 Å². The van der Waals surface area contributed by atoms with Crippen LogP contribution in [0, 0.1) is 6.92 Å². The van der Waals surface area contributed by atoms with Gasteiger partial charge in [0.15, 0.2) is 4.34 Å². The van der Waals surface area contributed by atoms with Crippen LogP contribution in [0.5, 0.6) is 0 Å². The molecule has 1 aromatic carbocycles. The summed E-state index contributed by atoms with van der Waals surface area (Å²) in [6.45, 7) is 2.99. The monoisotopic (exact) mass is 401 g/mol. The lowest BCUT2D eigenvalue weighted by molar-refractivity contribution is -0.116. The Balaban J connectivity index is 0.00000208. The first kappa shape index (κ1) is 19.6. The second kappa shape index (κ2) is 9.68. The van der Waals surface area contributed by atoms with Crippen LogP contribution >= 0.6 is 47.3 Å². The van der Waals surface area contributed by atoms with Gasteiger partial charge in [-0.2, -0.15) is 11.8 Å². The van der Waals surface area contributed by atoms with E-state index in [0.717, 1.165) is 38.7 Å². The van der Waals surface area contributed by atoms with Crippen molar-refractivity contribution in [3.05, 3.63) is 35.3 Å². The minimum absolute atomic E-state index is 0. The van der Waals surface area contributed by atoms with Crippen LogP contribution in [0.4, 0.5) is 5.69 Å². The lowest BCUT2D eigenvalue weighted by Crippen LogP contribution is -2.39.